The maximum absolute atomic E-state index is 12.4. The topological polar surface area (TPSA) is 64.3 Å². The second kappa shape index (κ2) is 7.34. The number of benzene rings is 1. The molecule has 4 nitrogen and oxygen atoms in total. The summed E-state index contributed by atoms with van der Waals surface area (Å²) < 4.78 is 5.51. The van der Waals surface area contributed by atoms with E-state index in [1.54, 1.807) is 18.2 Å². The van der Waals surface area contributed by atoms with Gasteiger partial charge in [-0.05, 0) is 43.7 Å². The van der Waals surface area contributed by atoms with E-state index in [0.717, 1.165) is 12.5 Å². The Labute approximate surface area is 127 Å². The summed E-state index contributed by atoms with van der Waals surface area (Å²) in [4.78, 5) is 12.4. The van der Waals surface area contributed by atoms with Gasteiger partial charge in [0, 0.05) is 12.2 Å². The van der Waals surface area contributed by atoms with Crippen molar-refractivity contribution < 1.29 is 9.53 Å². The van der Waals surface area contributed by atoms with E-state index in [-0.39, 0.29) is 5.91 Å². The lowest BCUT2D eigenvalue weighted by atomic mass is 9.82. The summed E-state index contributed by atoms with van der Waals surface area (Å²) in [7, 11) is 0. The fourth-order valence-electron chi connectivity index (χ4n) is 3.14. The van der Waals surface area contributed by atoms with Gasteiger partial charge in [0.1, 0.15) is 11.3 Å². The molecule has 1 aliphatic carbocycles. The molecule has 2 unspecified atom stereocenters. The highest BCUT2D eigenvalue weighted by molar-refractivity contribution is 6.01. The van der Waals surface area contributed by atoms with E-state index in [0.29, 0.717) is 29.5 Å². The largest absolute Gasteiger partial charge is 0.493 e. The van der Waals surface area contributed by atoms with E-state index in [4.69, 9.17) is 10.5 Å². The molecule has 0 bridgehead atoms. The van der Waals surface area contributed by atoms with Gasteiger partial charge in [-0.3, -0.25) is 4.79 Å². The van der Waals surface area contributed by atoms with Gasteiger partial charge < -0.3 is 15.8 Å². The first-order valence-electron chi connectivity index (χ1n) is 7.91. The minimum Gasteiger partial charge on any atom is -0.493 e. The third-order valence-electron chi connectivity index (χ3n) is 4.18. The molecule has 0 aliphatic heterocycles. The van der Waals surface area contributed by atoms with Crippen LogP contribution in [0.15, 0.2) is 18.2 Å². The van der Waals surface area contributed by atoms with Gasteiger partial charge in [0.25, 0.3) is 5.91 Å². The van der Waals surface area contributed by atoms with Crippen molar-refractivity contribution in [2.75, 3.05) is 18.9 Å². The summed E-state index contributed by atoms with van der Waals surface area (Å²) in [6, 6.07) is 5.33. The van der Waals surface area contributed by atoms with Crippen molar-refractivity contribution in [2.24, 2.45) is 11.8 Å². The first kappa shape index (κ1) is 15.7. The van der Waals surface area contributed by atoms with E-state index in [2.05, 4.69) is 12.2 Å². The van der Waals surface area contributed by atoms with E-state index in [1.807, 2.05) is 6.92 Å². The summed E-state index contributed by atoms with van der Waals surface area (Å²) in [6.07, 6.45) is 4.97. The molecule has 1 aliphatic rings. The number of anilines is 1. The number of nitrogens with one attached hydrogen (secondary N) is 1. The molecule has 1 saturated carbocycles. The van der Waals surface area contributed by atoms with Crippen molar-refractivity contribution in [2.45, 2.75) is 39.5 Å². The lowest BCUT2D eigenvalue weighted by Crippen LogP contribution is -2.32. The Morgan fingerprint density at radius 3 is 2.95 bits per heavy atom. The number of amides is 1. The highest BCUT2D eigenvalue weighted by Crippen LogP contribution is 2.28. The van der Waals surface area contributed by atoms with Crippen LogP contribution in [0, 0.1) is 11.8 Å². The van der Waals surface area contributed by atoms with Crippen LogP contribution in [0.5, 0.6) is 5.75 Å². The van der Waals surface area contributed by atoms with Crippen LogP contribution in [0.3, 0.4) is 0 Å². The van der Waals surface area contributed by atoms with Crippen LogP contribution in [0.4, 0.5) is 5.69 Å². The van der Waals surface area contributed by atoms with Crippen molar-refractivity contribution in [3.63, 3.8) is 0 Å². The molecular weight excluding hydrogens is 264 g/mol. The van der Waals surface area contributed by atoms with Gasteiger partial charge >= 0.3 is 0 Å². The summed E-state index contributed by atoms with van der Waals surface area (Å²) in [6.45, 7) is 5.43. The zero-order chi connectivity index (χ0) is 15.2. The fraction of sp³-hybridized carbons (Fsp3) is 0.588. The number of ether oxygens (including phenoxy) is 1. The third kappa shape index (κ3) is 4.13. The second-order valence-electron chi connectivity index (χ2n) is 6.00. The van der Waals surface area contributed by atoms with Crippen molar-refractivity contribution >= 4 is 11.6 Å². The number of carbonyl (C=O) groups is 1. The standard InChI is InChI=1S/C17H26N2O2/c1-3-21-15-9-5-8-14(18)16(15)17(20)19-11-13-7-4-6-12(2)10-13/h5,8-9,12-13H,3-4,6-7,10-11,18H2,1-2H3,(H,19,20). The average Bonchev–Trinajstić information content (AvgIpc) is 2.45. The first-order chi connectivity index (χ1) is 10.1. The van der Waals surface area contributed by atoms with Crippen molar-refractivity contribution in [3.05, 3.63) is 23.8 Å². The monoisotopic (exact) mass is 290 g/mol. The van der Waals surface area contributed by atoms with E-state index < -0.39 is 0 Å². The quantitative estimate of drug-likeness (QED) is 0.818. The molecule has 3 N–H and O–H groups in total. The molecule has 1 aromatic rings. The lowest BCUT2D eigenvalue weighted by Gasteiger charge is -2.27. The normalized spacial score (nSPS) is 21.8. The number of nitrogens with two attached hydrogens (primary N) is 1. The summed E-state index contributed by atoms with van der Waals surface area (Å²) >= 11 is 0. The maximum Gasteiger partial charge on any atom is 0.257 e. The smallest absolute Gasteiger partial charge is 0.257 e. The molecular formula is C17H26N2O2. The van der Waals surface area contributed by atoms with Crippen molar-refractivity contribution in [1.82, 2.24) is 5.32 Å². The van der Waals surface area contributed by atoms with E-state index >= 15 is 0 Å². The SMILES string of the molecule is CCOc1cccc(N)c1C(=O)NCC1CCCC(C)C1. The average molecular weight is 290 g/mol. The zero-order valence-electron chi connectivity index (χ0n) is 13.0. The van der Waals surface area contributed by atoms with Gasteiger partial charge in [0.05, 0.1) is 6.61 Å². The van der Waals surface area contributed by atoms with Crippen molar-refractivity contribution in [3.8, 4) is 5.75 Å². The van der Waals surface area contributed by atoms with Gasteiger partial charge in [-0.15, -0.1) is 0 Å². The van der Waals surface area contributed by atoms with Gasteiger partial charge in [0.2, 0.25) is 0 Å². The summed E-state index contributed by atoms with van der Waals surface area (Å²) in [5, 5.41) is 3.03. The Bertz CT molecular complexity index is 488. The van der Waals surface area contributed by atoms with Crippen LogP contribution in [-0.2, 0) is 0 Å². The molecule has 0 spiro atoms. The second-order valence-corrected chi connectivity index (χ2v) is 6.00. The molecule has 116 valence electrons. The summed E-state index contributed by atoms with van der Waals surface area (Å²) in [5.74, 6) is 1.78. The van der Waals surface area contributed by atoms with Crippen LogP contribution in [-0.4, -0.2) is 19.1 Å². The molecule has 1 fully saturated rings. The predicted octanol–water partition coefficient (Wildman–Crippen LogP) is 3.22. The highest BCUT2D eigenvalue weighted by Gasteiger charge is 2.21. The van der Waals surface area contributed by atoms with Crippen molar-refractivity contribution in [1.29, 1.82) is 0 Å². The number of rotatable bonds is 5. The molecule has 1 aromatic carbocycles. The molecule has 2 rings (SSSR count). The molecule has 1 amide bonds. The van der Waals surface area contributed by atoms with E-state index in [1.165, 1.54) is 25.7 Å². The van der Waals surface area contributed by atoms with Crippen LogP contribution >= 0.6 is 0 Å². The molecule has 0 heterocycles. The zero-order valence-corrected chi connectivity index (χ0v) is 13.0. The van der Waals surface area contributed by atoms with Gasteiger partial charge in [0.15, 0.2) is 0 Å². The highest BCUT2D eigenvalue weighted by atomic mass is 16.5. The van der Waals surface area contributed by atoms with Gasteiger partial charge in [-0.25, -0.2) is 0 Å². The Morgan fingerprint density at radius 2 is 2.24 bits per heavy atom. The maximum atomic E-state index is 12.4. The Hall–Kier alpha value is -1.71. The van der Waals surface area contributed by atoms with Crippen LogP contribution < -0.4 is 15.8 Å². The van der Waals surface area contributed by atoms with Crippen LogP contribution in [0.25, 0.3) is 0 Å². The molecule has 0 aromatic heterocycles. The number of carbonyl (C=O) groups excluding carboxylic acids is 1. The third-order valence-corrected chi connectivity index (χ3v) is 4.18. The van der Waals surface area contributed by atoms with Gasteiger partial charge in [-0.2, -0.15) is 0 Å². The number of hydrogen-bond donors (Lipinski definition) is 2. The number of nitrogen functional groups attached to an aromatic ring is 1. The molecule has 2 atom stereocenters. The molecule has 4 heteroatoms. The molecule has 21 heavy (non-hydrogen) atoms. The first-order valence-corrected chi connectivity index (χ1v) is 7.91. The predicted molar refractivity (Wildman–Crippen MR) is 85.5 cm³/mol. The van der Waals surface area contributed by atoms with Crippen LogP contribution in [0.2, 0.25) is 0 Å². The Kier molecular flexibility index (Phi) is 5.48. The van der Waals surface area contributed by atoms with E-state index in [9.17, 15) is 4.79 Å². The van der Waals surface area contributed by atoms with Gasteiger partial charge in [-0.1, -0.05) is 25.8 Å². The fourth-order valence-corrected chi connectivity index (χ4v) is 3.14. The molecule has 0 saturated heterocycles. The Balaban J connectivity index is 2.00. The minimum absolute atomic E-state index is 0.130. The molecule has 0 radical (unpaired) electrons. The lowest BCUT2D eigenvalue weighted by molar-refractivity contribution is 0.0938. The summed E-state index contributed by atoms with van der Waals surface area (Å²) in [5.41, 5.74) is 6.87. The minimum atomic E-state index is -0.130. The Morgan fingerprint density at radius 1 is 1.43 bits per heavy atom. The number of hydrogen-bond acceptors (Lipinski definition) is 3. The van der Waals surface area contributed by atoms with Crippen LogP contribution in [0.1, 0.15) is 49.9 Å².